The maximum absolute atomic E-state index is 13.3. The Balaban J connectivity index is 1.62. The standard InChI is InChI=1S/C29H35ClN4O4/c1-5-33-24(18-32-15-16-34(20(4)17-32)27(35)22-9-7-19(3)8-10-22)25(28(36)38-6-2)26(31-29(33)37)21-11-13-23(30)14-12-21/h7-14,20,26H,5-6,15-18H2,1-4H3,(H,31,37)/t20-,26-/m0/s1. The van der Waals surface area contributed by atoms with Gasteiger partial charge in [-0.2, -0.15) is 0 Å². The highest BCUT2D eigenvalue weighted by atomic mass is 35.5. The topological polar surface area (TPSA) is 82.2 Å². The number of benzene rings is 2. The van der Waals surface area contributed by atoms with Crippen LogP contribution in [-0.2, 0) is 9.53 Å². The lowest BCUT2D eigenvalue weighted by Crippen LogP contribution is -2.56. The number of amides is 3. The van der Waals surface area contributed by atoms with E-state index in [1.54, 1.807) is 24.0 Å². The maximum Gasteiger partial charge on any atom is 0.338 e. The van der Waals surface area contributed by atoms with E-state index in [9.17, 15) is 14.4 Å². The fourth-order valence-electron chi connectivity index (χ4n) is 5.12. The molecule has 2 aromatic rings. The third kappa shape index (κ3) is 5.87. The lowest BCUT2D eigenvalue weighted by molar-refractivity contribution is -0.139. The Labute approximate surface area is 229 Å². The molecule has 4 rings (SSSR count). The van der Waals surface area contributed by atoms with Crippen molar-refractivity contribution in [3.63, 3.8) is 0 Å². The van der Waals surface area contributed by atoms with Crippen LogP contribution in [0.5, 0.6) is 0 Å². The molecule has 1 N–H and O–H groups in total. The predicted molar refractivity (Wildman–Crippen MR) is 147 cm³/mol. The first kappa shape index (κ1) is 27.7. The average molecular weight is 539 g/mol. The predicted octanol–water partition coefficient (Wildman–Crippen LogP) is 4.40. The van der Waals surface area contributed by atoms with Crippen molar-refractivity contribution in [2.45, 2.75) is 39.8 Å². The normalized spacial score (nSPS) is 20.4. The van der Waals surface area contributed by atoms with Gasteiger partial charge in [0.25, 0.3) is 5.91 Å². The number of likely N-dealkylation sites (N-methyl/N-ethyl adjacent to an activating group) is 1. The smallest absolute Gasteiger partial charge is 0.338 e. The van der Waals surface area contributed by atoms with Gasteiger partial charge in [-0.15, -0.1) is 0 Å². The number of carbonyl (C=O) groups is 3. The van der Waals surface area contributed by atoms with Crippen LogP contribution in [0.4, 0.5) is 4.79 Å². The van der Waals surface area contributed by atoms with Crippen molar-refractivity contribution < 1.29 is 19.1 Å². The third-order valence-corrected chi connectivity index (χ3v) is 7.35. The Morgan fingerprint density at radius 1 is 1.05 bits per heavy atom. The van der Waals surface area contributed by atoms with Gasteiger partial charge in [0.1, 0.15) is 0 Å². The SMILES string of the molecule is CCOC(=O)C1=C(CN2CCN(C(=O)c3ccc(C)cc3)[C@@H](C)C2)N(CC)C(=O)N[C@H]1c1ccc(Cl)cc1. The van der Waals surface area contributed by atoms with E-state index in [0.29, 0.717) is 54.6 Å². The van der Waals surface area contributed by atoms with Crippen LogP contribution in [-0.4, -0.2) is 78.0 Å². The van der Waals surface area contributed by atoms with Crippen LogP contribution < -0.4 is 5.32 Å². The summed E-state index contributed by atoms with van der Waals surface area (Å²) in [6.07, 6.45) is 0. The van der Waals surface area contributed by atoms with Gasteiger partial charge in [0.15, 0.2) is 0 Å². The van der Waals surface area contributed by atoms with Crippen LogP contribution in [0.15, 0.2) is 59.8 Å². The summed E-state index contributed by atoms with van der Waals surface area (Å²) in [4.78, 5) is 45.3. The van der Waals surface area contributed by atoms with Crippen LogP contribution in [0, 0.1) is 6.92 Å². The molecule has 2 aromatic carbocycles. The molecule has 0 radical (unpaired) electrons. The highest BCUT2D eigenvalue weighted by Crippen LogP contribution is 2.33. The van der Waals surface area contributed by atoms with Crippen molar-refractivity contribution in [1.29, 1.82) is 0 Å². The van der Waals surface area contributed by atoms with Gasteiger partial charge in [0.2, 0.25) is 0 Å². The van der Waals surface area contributed by atoms with E-state index in [1.165, 1.54) is 0 Å². The fraction of sp³-hybridized carbons (Fsp3) is 0.414. The van der Waals surface area contributed by atoms with E-state index in [-0.39, 0.29) is 24.6 Å². The minimum atomic E-state index is -0.654. The minimum absolute atomic E-state index is 0.0126. The Morgan fingerprint density at radius 3 is 2.34 bits per heavy atom. The highest BCUT2D eigenvalue weighted by molar-refractivity contribution is 6.30. The van der Waals surface area contributed by atoms with Crippen molar-refractivity contribution in [1.82, 2.24) is 20.0 Å². The molecule has 2 aliphatic rings. The molecule has 9 heteroatoms. The van der Waals surface area contributed by atoms with Crippen LogP contribution in [0.2, 0.25) is 5.02 Å². The minimum Gasteiger partial charge on any atom is -0.463 e. The van der Waals surface area contributed by atoms with Gasteiger partial charge in [-0.1, -0.05) is 41.4 Å². The number of hydrogen-bond donors (Lipinski definition) is 1. The van der Waals surface area contributed by atoms with Crippen molar-refractivity contribution in [3.05, 3.63) is 81.5 Å². The first-order chi connectivity index (χ1) is 18.2. The van der Waals surface area contributed by atoms with E-state index in [0.717, 1.165) is 11.1 Å². The van der Waals surface area contributed by atoms with Crippen molar-refractivity contribution in [2.24, 2.45) is 0 Å². The molecule has 2 atom stereocenters. The largest absolute Gasteiger partial charge is 0.463 e. The fourth-order valence-corrected chi connectivity index (χ4v) is 5.24. The second kappa shape index (κ2) is 12.0. The van der Waals surface area contributed by atoms with Crippen molar-refractivity contribution in [3.8, 4) is 0 Å². The number of aryl methyl sites for hydroxylation is 1. The van der Waals surface area contributed by atoms with E-state index < -0.39 is 12.0 Å². The second-order valence-electron chi connectivity index (χ2n) is 9.71. The van der Waals surface area contributed by atoms with Crippen LogP contribution >= 0.6 is 11.6 Å². The molecule has 8 nitrogen and oxygen atoms in total. The number of rotatable bonds is 7. The molecule has 0 bridgehead atoms. The molecule has 0 aliphatic carbocycles. The number of carbonyl (C=O) groups excluding carboxylic acids is 3. The van der Waals surface area contributed by atoms with Gasteiger partial charge in [0, 0.05) is 55.0 Å². The van der Waals surface area contributed by atoms with Gasteiger partial charge < -0.3 is 15.0 Å². The molecule has 0 aromatic heterocycles. The van der Waals surface area contributed by atoms with Crippen molar-refractivity contribution >= 4 is 29.5 Å². The van der Waals surface area contributed by atoms with Crippen LogP contribution in [0.3, 0.4) is 0 Å². The number of ether oxygens (including phenoxy) is 1. The summed E-state index contributed by atoms with van der Waals surface area (Å²) in [6.45, 7) is 10.5. The monoisotopic (exact) mass is 538 g/mol. The molecule has 38 heavy (non-hydrogen) atoms. The van der Waals surface area contributed by atoms with Gasteiger partial charge in [0.05, 0.1) is 18.2 Å². The molecule has 0 spiro atoms. The molecule has 2 aliphatic heterocycles. The van der Waals surface area contributed by atoms with Gasteiger partial charge in [-0.25, -0.2) is 9.59 Å². The van der Waals surface area contributed by atoms with Gasteiger partial charge >= 0.3 is 12.0 Å². The number of nitrogens with one attached hydrogen (secondary N) is 1. The first-order valence-corrected chi connectivity index (χ1v) is 13.4. The number of nitrogens with zero attached hydrogens (tertiary/aromatic N) is 3. The summed E-state index contributed by atoms with van der Waals surface area (Å²) >= 11 is 6.09. The summed E-state index contributed by atoms with van der Waals surface area (Å²) in [5.74, 6) is -0.444. The number of hydrogen-bond acceptors (Lipinski definition) is 5. The van der Waals surface area contributed by atoms with Crippen LogP contribution in [0.1, 0.15) is 48.3 Å². The maximum atomic E-state index is 13.3. The quantitative estimate of drug-likeness (QED) is 0.528. The molecule has 0 saturated carbocycles. The van der Waals surface area contributed by atoms with Crippen molar-refractivity contribution in [2.75, 3.05) is 39.3 Å². The van der Waals surface area contributed by atoms with Crippen LogP contribution in [0.25, 0.3) is 0 Å². The summed E-state index contributed by atoms with van der Waals surface area (Å²) < 4.78 is 5.46. The van der Waals surface area contributed by atoms with E-state index in [1.807, 2.05) is 62.1 Å². The highest BCUT2D eigenvalue weighted by Gasteiger charge is 2.39. The molecular weight excluding hydrogens is 504 g/mol. The Kier molecular flexibility index (Phi) is 8.74. The van der Waals surface area contributed by atoms with Gasteiger partial charge in [-0.05, 0) is 57.5 Å². The zero-order chi connectivity index (χ0) is 27.4. The number of piperazine rings is 1. The zero-order valence-electron chi connectivity index (χ0n) is 22.4. The summed E-state index contributed by atoms with van der Waals surface area (Å²) in [6, 6.07) is 13.8. The zero-order valence-corrected chi connectivity index (χ0v) is 23.1. The lowest BCUT2D eigenvalue weighted by atomic mass is 9.94. The Bertz CT molecular complexity index is 1210. The number of esters is 1. The van der Waals surface area contributed by atoms with E-state index in [2.05, 4.69) is 10.2 Å². The summed E-state index contributed by atoms with van der Waals surface area (Å²) in [5.41, 5.74) is 3.58. The third-order valence-electron chi connectivity index (χ3n) is 7.10. The van der Waals surface area contributed by atoms with E-state index >= 15 is 0 Å². The molecule has 202 valence electrons. The molecular formula is C29H35ClN4O4. The first-order valence-electron chi connectivity index (χ1n) is 13.1. The van der Waals surface area contributed by atoms with E-state index in [4.69, 9.17) is 16.3 Å². The number of halogens is 1. The number of urea groups is 1. The second-order valence-corrected chi connectivity index (χ2v) is 10.1. The molecule has 0 unspecified atom stereocenters. The molecule has 3 amide bonds. The summed E-state index contributed by atoms with van der Waals surface area (Å²) in [7, 11) is 0. The molecule has 1 saturated heterocycles. The Morgan fingerprint density at radius 2 is 1.74 bits per heavy atom. The Hall–Kier alpha value is -3.36. The molecule has 1 fully saturated rings. The lowest BCUT2D eigenvalue weighted by Gasteiger charge is -2.43. The molecule has 2 heterocycles. The average Bonchev–Trinajstić information content (AvgIpc) is 2.89. The van der Waals surface area contributed by atoms with Gasteiger partial charge in [-0.3, -0.25) is 14.6 Å². The summed E-state index contributed by atoms with van der Waals surface area (Å²) in [5, 5.41) is 3.55.